The summed E-state index contributed by atoms with van der Waals surface area (Å²) in [5.41, 5.74) is 1.93. The van der Waals surface area contributed by atoms with Crippen LogP contribution >= 0.6 is 0 Å². The number of carboxylic acid groups (broad SMARTS) is 1. The van der Waals surface area contributed by atoms with Gasteiger partial charge in [0.05, 0.1) is 25.6 Å². The molecule has 4 aromatic rings. The zero-order chi connectivity index (χ0) is 23.9. The van der Waals surface area contributed by atoms with Gasteiger partial charge in [-0.15, -0.1) is 0 Å². The molecule has 0 aliphatic heterocycles. The van der Waals surface area contributed by atoms with Crippen molar-refractivity contribution in [1.29, 1.82) is 0 Å². The molecule has 4 rings (SSSR count). The normalized spacial score (nSPS) is 11.0. The number of nitrogens with zero attached hydrogens (tertiary/aromatic N) is 3. The number of halogens is 1. The number of nitrogens with one attached hydrogen (secondary N) is 1. The Balaban J connectivity index is 1.25. The zero-order valence-electron chi connectivity index (χ0n) is 18.7. The second-order valence-corrected chi connectivity index (χ2v) is 7.65. The van der Waals surface area contributed by atoms with Gasteiger partial charge in [-0.05, 0) is 61.5 Å². The Kier molecular flexibility index (Phi) is 7.34. The number of ether oxygens (including phenoxy) is 2. The molecule has 2 heterocycles. The lowest BCUT2D eigenvalue weighted by molar-refractivity contribution is -0.137. The number of aliphatic carboxylic acids is 1. The SMILES string of the molecule is COc1ccc(-c2ncc(F)c(CNCCCOc3ccc4c(ccn4CC(=O)O)c3)n2)cc1. The minimum atomic E-state index is -0.885. The first kappa shape index (κ1) is 23.2. The van der Waals surface area contributed by atoms with Crippen molar-refractivity contribution in [1.82, 2.24) is 19.9 Å². The van der Waals surface area contributed by atoms with Crippen molar-refractivity contribution in [3.8, 4) is 22.9 Å². The number of carboxylic acids is 1. The third kappa shape index (κ3) is 5.68. The van der Waals surface area contributed by atoms with E-state index < -0.39 is 11.8 Å². The van der Waals surface area contributed by atoms with Crippen LogP contribution in [0.15, 0.2) is 60.9 Å². The molecule has 34 heavy (non-hydrogen) atoms. The summed E-state index contributed by atoms with van der Waals surface area (Å²) in [4.78, 5) is 19.4. The zero-order valence-corrected chi connectivity index (χ0v) is 18.7. The van der Waals surface area contributed by atoms with E-state index in [2.05, 4.69) is 15.3 Å². The molecular formula is C25H25FN4O4. The lowest BCUT2D eigenvalue weighted by Crippen LogP contribution is -2.19. The summed E-state index contributed by atoms with van der Waals surface area (Å²) in [6.07, 6.45) is 3.65. The fourth-order valence-electron chi connectivity index (χ4n) is 3.55. The van der Waals surface area contributed by atoms with Gasteiger partial charge in [-0.1, -0.05) is 0 Å². The molecule has 0 aliphatic rings. The Bertz CT molecular complexity index is 1270. The van der Waals surface area contributed by atoms with Crippen LogP contribution in [0.1, 0.15) is 12.1 Å². The molecule has 2 N–H and O–H groups in total. The summed E-state index contributed by atoms with van der Waals surface area (Å²) in [7, 11) is 1.60. The first-order chi connectivity index (χ1) is 16.5. The number of hydrogen-bond acceptors (Lipinski definition) is 6. The van der Waals surface area contributed by atoms with Gasteiger partial charge >= 0.3 is 5.97 Å². The maximum absolute atomic E-state index is 14.2. The Morgan fingerprint density at radius 3 is 2.71 bits per heavy atom. The third-order valence-electron chi connectivity index (χ3n) is 5.27. The fraction of sp³-hybridized carbons (Fsp3) is 0.240. The minimum absolute atomic E-state index is 0.0795. The van der Waals surface area contributed by atoms with E-state index in [1.54, 1.807) is 17.9 Å². The summed E-state index contributed by atoms with van der Waals surface area (Å²) >= 11 is 0. The molecule has 0 fully saturated rings. The van der Waals surface area contributed by atoms with Crippen molar-refractivity contribution < 1.29 is 23.8 Å². The Morgan fingerprint density at radius 2 is 1.94 bits per heavy atom. The highest BCUT2D eigenvalue weighted by molar-refractivity contribution is 5.83. The van der Waals surface area contributed by atoms with Crippen LogP contribution < -0.4 is 14.8 Å². The molecule has 0 saturated carbocycles. The summed E-state index contributed by atoms with van der Waals surface area (Å²) in [5, 5.41) is 13.1. The number of rotatable bonds is 11. The van der Waals surface area contributed by atoms with Crippen LogP contribution in [0, 0.1) is 5.82 Å². The molecule has 8 nitrogen and oxygen atoms in total. The average molecular weight is 464 g/mol. The highest BCUT2D eigenvalue weighted by Gasteiger charge is 2.09. The Morgan fingerprint density at radius 1 is 1.15 bits per heavy atom. The van der Waals surface area contributed by atoms with E-state index in [9.17, 15) is 9.18 Å². The summed E-state index contributed by atoms with van der Waals surface area (Å²) in [6, 6.07) is 14.7. The topological polar surface area (TPSA) is 98.5 Å². The fourth-order valence-corrected chi connectivity index (χ4v) is 3.55. The third-order valence-corrected chi connectivity index (χ3v) is 5.27. The van der Waals surface area contributed by atoms with Crippen LogP contribution in [0.3, 0.4) is 0 Å². The van der Waals surface area contributed by atoms with Gasteiger partial charge in [-0.25, -0.2) is 14.4 Å². The van der Waals surface area contributed by atoms with E-state index in [-0.39, 0.29) is 13.1 Å². The molecule has 0 saturated heterocycles. The molecule has 9 heteroatoms. The van der Waals surface area contributed by atoms with E-state index >= 15 is 0 Å². The van der Waals surface area contributed by atoms with Crippen LogP contribution in [0.5, 0.6) is 11.5 Å². The molecule has 0 atom stereocenters. The van der Waals surface area contributed by atoms with Crippen LogP contribution in [0.4, 0.5) is 4.39 Å². The van der Waals surface area contributed by atoms with Gasteiger partial charge in [0.15, 0.2) is 11.6 Å². The van der Waals surface area contributed by atoms with Crippen molar-refractivity contribution in [3.05, 3.63) is 72.4 Å². The first-order valence-corrected chi connectivity index (χ1v) is 10.8. The standard InChI is InChI=1S/C25H25FN4O4/c1-33-19-5-3-17(4-6-19)25-28-14-21(26)22(29-25)15-27-10-2-12-34-20-7-8-23-18(13-20)9-11-30(23)16-24(31)32/h3-9,11,13-14,27H,2,10,12,15-16H2,1H3,(H,31,32). The number of benzene rings is 2. The van der Waals surface area contributed by atoms with Crippen LogP contribution in [-0.4, -0.2) is 45.9 Å². The van der Waals surface area contributed by atoms with Gasteiger partial charge in [0.25, 0.3) is 0 Å². The van der Waals surface area contributed by atoms with E-state index in [0.29, 0.717) is 30.4 Å². The predicted molar refractivity (Wildman–Crippen MR) is 125 cm³/mol. The number of fused-ring (bicyclic) bond motifs is 1. The molecule has 0 spiro atoms. The summed E-state index contributed by atoms with van der Waals surface area (Å²) in [5.74, 6) is 0.558. The maximum atomic E-state index is 14.2. The highest BCUT2D eigenvalue weighted by Crippen LogP contribution is 2.22. The van der Waals surface area contributed by atoms with E-state index in [1.807, 2.05) is 48.5 Å². The van der Waals surface area contributed by atoms with Crippen LogP contribution in [-0.2, 0) is 17.9 Å². The molecule has 0 bridgehead atoms. The van der Waals surface area contributed by atoms with E-state index in [1.165, 1.54) is 6.20 Å². The molecule has 0 radical (unpaired) electrons. The van der Waals surface area contributed by atoms with Crippen molar-refractivity contribution in [3.63, 3.8) is 0 Å². The van der Waals surface area contributed by atoms with Crippen LogP contribution in [0.25, 0.3) is 22.3 Å². The lowest BCUT2D eigenvalue weighted by Gasteiger charge is -2.09. The Hall–Kier alpha value is -3.98. The number of hydrogen-bond donors (Lipinski definition) is 2. The van der Waals surface area contributed by atoms with Crippen LogP contribution in [0.2, 0.25) is 0 Å². The van der Waals surface area contributed by atoms with Crippen molar-refractivity contribution in [2.45, 2.75) is 19.5 Å². The molecule has 0 amide bonds. The largest absolute Gasteiger partial charge is 0.497 e. The van der Waals surface area contributed by atoms with Gasteiger partial charge in [-0.2, -0.15) is 0 Å². The van der Waals surface area contributed by atoms with Gasteiger partial charge in [-0.3, -0.25) is 4.79 Å². The molecule has 0 aliphatic carbocycles. The second kappa shape index (κ2) is 10.8. The molecule has 0 unspecified atom stereocenters. The first-order valence-electron chi connectivity index (χ1n) is 10.8. The molecule has 176 valence electrons. The molecule has 2 aromatic heterocycles. The number of aromatic nitrogens is 3. The second-order valence-electron chi connectivity index (χ2n) is 7.65. The number of carbonyl (C=O) groups is 1. The van der Waals surface area contributed by atoms with Crippen molar-refractivity contribution in [2.75, 3.05) is 20.3 Å². The van der Waals surface area contributed by atoms with Crippen molar-refractivity contribution in [2.24, 2.45) is 0 Å². The monoisotopic (exact) mass is 464 g/mol. The quantitative estimate of drug-likeness (QED) is 0.325. The van der Waals surface area contributed by atoms with E-state index in [0.717, 1.165) is 28.6 Å². The van der Waals surface area contributed by atoms with Crippen molar-refractivity contribution >= 4 is 16.9 Å². The lowest BCUT2D eigenvalue weighted by atomic mass is 10.2. The van der Waals surface area contributed by atoms with Gasteiger partial charge in [0, 0.05) is 29.2 Å². The number of methoxy groups -OCH3 is 1. The summed E-state index contributed by atoms with van der Waals surface area (Å²) in [6.45, 7) is 1.31. The maximum Gasteiger partial charge on any atom is 0.323 e. The highest BCUT2D eigenvalue weighted by atomic mass is 19.1. The average Bonchev–Trinajstić information content (AvgIpc) is 3.23. The smallest absolute Gasteiger partial charge is 0.323 e. The van der Waals surface area contributed by atoms with Gasteiger partial charge in [0.2, 0.25) is 0 Å². The Labute approximate surface area is 196 Å². The van der Waals surface area contributed by atoms with Gasteiger partial charge < -0.3 is 24.5 Å². The van der Waals surface area contributed by atoms with E-state index in [4.69, 9.17) is 14.6 Å². The molecular weight excluding hydrogens is 439 g/mol. The summed E-state index contributed by atoms with van der Waals surface area (Å²) < 4.78 is 26.8. The predicted octanol–water partition coefficient (Wildman–Crippen LogP) is 3.89. The van der Waals surface area contributed by atoms with Gasteiger partial charge in [0.1, 0.15) is 18.0 Å². The molecule has 2 aromatic carbocycles. The minimum Gasteiger partial charge on any atom is -0.497 e.